The van der Waals surface area contributed by atoms with E-state index in [1.54, 1.807) is 18.2 Å². The Morgan fingerprint density at radius 3 is 2.31 bits per heavy atom. The quantitative estimate of drug-likeness (QED) is 0.757. The fraction of sp³-hybridized carbons (Fsp3) is 0.273. The number of halogens is 2. The molecule has 0 saturated carbocycles. The number of hydrogen-bond acceptors (Lipinski definition) is 3. The summed E-state index contributed by atoms with van der Waals surface area (Å²) < 4.78 is 0. The Morgan fingerprint density at radius 1 is 0.966 bits per heavy atom. The van der Waals surface area contributed by atoms with Crippen molar-refractivity contribution in [3.63, 3.8) is 0 Å². The molecule has 150 valence electrons. The highest BCUT2D eigenvalue weighted by Gasteiger charge is 2.42. The summed E-state index contributed by atoms with van der Waals surface area (Å²) in [6.45, 7) is 5.89. The number of quaternary nitrogens is 1. The van der Waals surface area contributed by atoms with E-state index < -0.39 is 5.91 Å². The van der Waals surface area contributed by atoms with E-state index in [-0.39, 0.29) is 10.9 Å². The molecule has 2 aliphatic rings. The number of hydrogen-bond donors (Lipinski definition) is 1. The van der Waals surface area contributed by atoms with Crippen molar-refractivity contribution < 1.29 is 14.5 Å². The highest BCUT2D eigenvalue weighted by atomic mass is 35.5. The van der Waals surface area contributed by atoms with Gasteiger partial charge in [-0.2, -0.15) is 0 Å². The third-order valence-corrected chi connectivity index (χ3v) is 6.06. The predicted molar refractivity (Wildman–Crippen MR) is 114 cm³/mol. The lowest BCUT2D eigenvalue weighted by molar-refractivity contribution is -0.917. The van der Waals surface area contributed by atoms with Crippen molar-refractivity contribution in [1.29, 1.82) is 0 Å². The van der Waals surface area contributed by atoms with E-state index >= 15 is 0 Å². The number of piperazine rings is 1. The molecule has 1 fully saturated rings. The molecule has 1 N–H and O–H groups in total. The maximum Gasteiger partial charge on any atom is 0.283 e. The Morgan fingerprint density at radius 2 is 1.66 bits per heavy atom. The topological polar surface area (TPSA) is 45.1 Å². The molecule has 1 saturated heterocycles. The van der Waals surface area contributed by atoms with E-state index in [1.807, 2.05) is 30.0 Å². The van der Waals surface area contributed by atoms with Crippen LogP contribution >= 0.6 is 23.2 Å². The molecule has 0 aliphatic carbocycles. The Labute approximate surface area is 180 Å². The van der Waals surface area contributed by atoms with Crippen molar-refractivity contribution in [1.82, 2.24) is 4.90 Å². The fourth-order valence-corrected chi connectivity index (χ4v) is 4.47. The van der Waals surface area contributed by atoms with Crippen molar-refractivity contribution in [2.75, 3.05) is 31.1 Å². The molecule has 0 radical (unpaired) electrons. The van der Waals surface area contributed by atoms with Gasteiger partial charge in [-0.05, 0) is 30.7 Å². The van der Waals surface area contributed by atoms with Gasteiger partial charge in [0.05, 0.1) is 31.9 Å². The zero-order valence-electron chi connectivity index (χ0n) is 16.1. The molecular formula is C22H22Cl2N3O2+. The van der Waals surface area contributed by atoms with Crippen molar-refractivity contribution in [3.05, 3.63) is 75.4 Å². The molecule has 5 nitrogen and oxygen atoms in total. The third kappa shape index (κ3) is 3.90. The number of rotatable bonds is 4. The van der Waals surface area contributed by atoms with Gasteiger partial charge < -0.3 is 9.80 Å². The molecular weight excluding hydrogens is 409 g/mol. The summed E-state index contributed by atoms with van der Waals surface area (Å²) in [4.78, 5) is 30.4. The van der Waals surface area contributed by atoms with Gasteiger partial charge in [-0.1, -0.05) is 53.5 Å². The highest BCUT2D eigenvalue weighted by molar-refractivity contribution is 6.52. The van der Waals surface area contributed by atoms with Crippen LogP contribution in [0, 0.1) is 6.92 Å². The van der Waals surface area contributed by atoms with Gasteiger partial charge >= 0.3 is 0 Å². The molecule has 29 heavy (non-hydrogen) atoms. The van der Waals surface area contributed by atoms with Gasteiger partial charge in [0.25, 0.3) is 11.8 Å². The van der Waals surface area contributed by atoms with Crippen LogP contribution in [0.4, 0.5) is 5.69 Å². The van der Waals surface area contributed by atoms with Crippen molar-refractivity contribution >= 4 is 40.7 Å². The molecule has 2 amide bonds. The van der Waals surface area contributed by atoms with Gasteiger partial charge in [0.15, 0.2) is 0 Å². The first-order valence-corrected chi connectivity index (χ1v) is 10.4. The van der Waals surface area contributed by atoms with E-state index in [4.69, 9.17) is 23.2 Å². The van der Waals surface area contributed by atoms with Gasteiger partial charge in [0, 0.05) is 10.6 Å². The van der Waals surface area contributed by atoms with Crippen LogP contribution in [-0.2, 0) is 16.1 Å². The second-order valence-corrected chi connectivity index (χ2v) is 8.25. The molecule has 4 rings (SSSR count). The maximum absolute atomic E-state index is 13.1. The van der Waals surface area contributed by atoms with Crippen LogP contribution in [0.5, 0.6) is 0 Å². The summed E-state index contributed by atoms with van der Waals surface area (Å²) in [5, 5.41) is 0.554. The Bertz CT molecular complexity index is 983. The fourth-order valence-electron chi connectivity index (χ4n) is 3.96. The van der Waals surface area contributed by atoms with Crippen LogP contribution in [0.1, 0.15) is 11.1 Å². The van der Waals surface area contributed by atoms with Gasteiger partial charge in [0.2, 0.25) is 0 Å². The minimum absolute atomic E-state index is 0.00383. The van der Waals surface area contributed by atoms with Gasteiger partial charge in [-0.25, -0.2) is 4.90 Å². The van der Waals surface area contributed by atoms with Crippen molar-refractivity contribution in [2.24, 2.45) is 0 Å². The number of carbonyl (C=O) groups is 2. The van der Waals surface area contributed by atoms with Crippen LogP contribution in [0.25, 0.3) is 0 Å². The smallest absolute Gasteiger partial charge is 0.283 e. The van der Waals surface area contributed by atoms with E-state index in [0.29, 0.717) is 29.5 Å². The molecule has 7 heteroatoms. The first-order valence-electron chi connectivity index (χ1n) is 9.63. The van der Waals surface area contributed by atoms with Crippen molar-refractivity contribution in [3.8, 4) is 0 Å². The molecule has 0 aromatic heterocycles. The summed E-state index contributed by atoms with van der Waals surface area (Å²) in [7, 11) is 0. The Hall–Kier alpha value is -2.34. The number of benzene rings is 2. The second-order valence-electron chi connectivity index (χ2n) is 7.44. The number of anilines is 1. The van der Waals surface area contributed by atoms with Gasteiger partial charge in [-0.3, -0.25) is 9.59 Å². The Kier molecular flexibility index (Phi) is 5.63. The van der Waals surface area contributed by atoms with Crippen LogP contribution in [-0.4, -0.2) is 42.9 Å². The zero-order valence-corrected chi connectivity index (χ0v) is 17.6. The molecule has 2 aliphatic heterocycles. The SMILES string of the molecule is Cc1cc(Cl)ccc1N1C(=O)C(Cl)=C(N2CC[NH+](Cc3ccccc3)CC2)C1=O. The maximum atomic E-state index is 13.1. The molecule has 0 spiro atoms. The minimum Gasteiger partial charge on any atom is -0.354 e. The molecule has 2 aromatic rings. The largest absolute Gasteiger partial charge is 0.354 e. The van der Waals surface area contributed by atoms with Crippen LogP contribution in [0.2, 0.25) is 5.02 Å². The Balaban J connectivity index is 1.48. The molecule has 0 bridgehead atoms. The number of nitrogens with zero attached hydrogens (tertiary/aromatic N) is 2. The summed E-state index contributed by atoms with van der Waals surface area (Å²) >= 11 is 12.4. The molecule has 0 atom stereocenters. The standard InChI is InChI=1S/C22H21Cl2N3O2/c1-15-13-17(23)7-8-18(15)27-21(28)19(24)20(22(27)29)26-11-9-25(10-12-26)14-16-5-3-2-4-6-16/h2-8,13H,9-12,14H2,1H3/p+1. The lowest BCUT2D eigenvalue weighted by Gasteiger charge is -2.34. The summed E-state index contributed by atoms with van der Waals surface area (Å²) in [5.74, 6) is -0.840. The number of aryl methyl sites for hydroxylation is 1. The summed E-state index contributed by atoms with van der Waals surface area (Å²) in [6, 6.07) is 15.5. The lowest BCUT2D eigenvalue weighted by Crippen LogP contribution is -3.13. The predicted octanol–water partition coefficient (Wildman–Crippen LogP) is 2.37. The van der Waals surface area contributed by atoms with Gasteiger partial charge in [0.1, 0.15) is 17.3 Å². The van der Waals surface area contributed by atoms with E-state index in [0.717, 1.165) is 30.1 Å². The van der Waals surface area contributed by atoms with E-state index in [9.17, 15) is 9.59 Å². The first kappa shape index (κ1) is 20.0. The average molecular weight is 431 g/mol. The van der Waals surface area contributed by atoms with E-state index in [1.165, 1.54) is 10.5 Å². The second kappa shape index (κ2) is 8.19. The zero-order chi connectivity index (χ0) is 20.5. The highest BCUT2D eigenvalue weighted by Crippen LogP contribution is 2.33. The van der Waals surface area contributed by atoms with Crippen LogP contribution < -0.4 is 9.80 Å². The van der Waals surface area contributed by atoms with Crippen LogP contribution in [0.3, 0.4) is 0 Å². The molecule has 0 unspecified atom stereocenters. The monoisotopic (exact) mass is 430 g/mol. The average Bonchev–Trinajstić information content (AvgIpc) is 2.93. The molecule has 2 aromatic carbocycles. The number of carbonyl (C=O) groups excluding carboxylic acids is 2. The minimum atomic E-state index is -0.476. The lowest BCUT2D eigenvalue weighted by atomic mass is 10.2. The first-order chi connectivity index (χ1) is 14.0. The van der Waals surface area contributed by atoms with Crippen molar-refractivity contribution in [2.45, 2.75) is 13.5 Å². The summed E-state index contributed by atoms with van der Waals surface area (Å²) in [5.41, 5.74) is 2.88. The number of imide groups is 1. The number of amides is 2. The van der Waals surface area contributed by atoms with Crippen LogP contribution in [0.15, 0.2) is 59.3 Å². The molecule has 2 heterocycles. The summed E-state index contributed by atoms with van der Waals surface area (Å²) in [6.07, 6.45) is 0. The number of nitrogens with one attached hydrogen (secondary N) is 1. The van der Waals surface area contributed by atoms with E-state index in [2.05, 4.69) is 12.1 Å². The van der Waals surface area contributed by atoms with Gasteiger partial charge in [-0.15, -0.1) is 0 Å². The third-order valence-electron chi connectivity index (χ3n) is 5.49. The normalized spacial score (nSPS) is 18.2.